The third kappa shape index (κ3) is 2.86. The Balaban J connectivity index is 1.45. The van der Waals surface area contributed by atoms with Crippen LogP contribution in [0.3, 0.4) is 0 Å². The topological polar surface area (TPSA) is 108 Å². The van der Waals surface area contributed by atoms with Crippen molar-refractivity contribution in [2.45, 2.75) is 25.9 Å². The van der Waals surface area contributed by atoms with E-state index >= 15 is 0 Å². The summed E-state index contributed by atoms with van der Waals surface area (Å²) >= 11 is 1.30. The van der Waals surface area contributed by atoms with Crippen molar-refractivity contribution in [2.75, 3.05) is 5.32 Å². The molecular formula is C17H15N3O5S. The maximum Gasteiger partial charge on any atom is 0.410 e. The van der Waals surface area contributed by atoms with Crippen LogP contribution in [-0.2, 0) is 29.2 Å². The molecule has 0 aliphatic carbocycles. The summed E-state index contributed by atoms with van der Waals surface area (Å²) < 4.78 is 5.33. The van der Waals surface area contributed by atoms with Gasteiger partial charge in [-0.15, -0.1) is 11.3 Å². The molecule has 4 rings (SSSR count). The molecule has 26 heavy (non-hydrogen) atoms. The van der Waals surface area contributed by atoms with Crippen molar-refractivity contribution in [3.63, 3.8) is 0 Å². The molecule has 8 nitrogen and oxygen atoms in total. The minimum absolute atomic E-state index is 0.185. The lowest BCUT2D eigenvalue weighted by atomic mass is 10.1. The molecule has 1 unspecified atom stereocenters. The number of aliphatic carboxylic acids is 1. The van der Waals surface area contributed by atoms with E-state index in [4.69, 9.17) is 9.84 Å². The Hall–Kier alpha value is -3.07. The van der Waals surface area contributed by atoms with Gasteiger partial charge in [0.2, 0.25) is 6.17 Å². The second-order valence-corrected chi connectivity index (χ2v) is 7.10. The fourth-order valence-corrected chi connectivity index (χ4v) is 4.25. The number of nitrogens with zero attached hydrogens (tertiary/aromatic N) is 1. The molecule has 2 aliphatic rings. The minimum atomic E-state index is -1.15. The van der Waals surface area contributed by atoms with Gasteiger partial charge >= 0.3 is 12.1 Å². The average molecular weight is 373 g/mol. The highest BCUT2D eigenvalue weighted by Gasteiger charge is 2.37. The fourth-order valence-electron chi connectivity index (χ4n) is 3.00. The van der Waals surface area contributed by atoms with Crippen molar-refractivity contribution in [3.05, 3.63) is 51.9 Å². The molecule has 2 aromatic rings. The zero-order valence-corrected chi connectivity index (χ0v) is 14.3. The highest BCUT2D eigenvalue weighted by molar-refractivity contribution is 7.16. The Morgan fingerprint density at radius 3 is 2.73 bits per heavy atom. The Morgan fingerprint density at radius 2 is 2.00 bits per heavy atom. The predicted molar refractivity (Wildman–Crippen MR) is 92.7 cm³/mol. The zero-order chi connectivity index (χ0) is 18.3. The molecule has 0 fully saturated rings. The summed E-state index contributed by atoms with van der Waals surface area (Å²) in [5, 5.41) is 14.8. The van der Waals surface area contributed by atoms with E-state index in [1.165, 1.54) is 16.2 Å². The van der Waals surface area contributed by atoms with Crippen LogP contribution in [0.25, 0.3) is 0 Å². The van der Waals surface area contributed by atoms with Gasteiger partial charge in [-0.05, 0) is 5.56 Å². The summed E-state index contributed by atoms with van der Waals surface area (Å²) in [6, 6.07) is 9.39. The van der Waals surface area contributed by atoms with E-state index in [1.54, 1.807) is 0 Å². The van der Waals surface area contributed by atoms with E-state index in [-0.39, 0.29) is 13.2 Å². The largest absolute Gasteiger partial charge is 0.478 e. The van der Waals surface area contributed by atoms with E-state index < -0.39 is 24.1 Å². The van der Waals surface area contributed by atoms with Crippen LogP contribution in [-0.4, -0.2) is 34.1 Å². The van der Waals surface area contributed by atoms with Crippen molar-refractivity contribution in [2.24, 2.45) is 0 Å². The Morgan fingerprint density at radius 1 is 1.23 bits per heavy atom. The van der Waals surface area contributed by atoms with Crippen LogP contribution >= 0.6 is 11.3 Å². The lowest BCUT2D eigenvalue weighted by Gasteiger charge is -2.23. The molecule has 9 heteroatoms. The summed E-state index contributed by atoms with van der Waals surface area (Å²) in [5.74, 6) is -1.59. The number of carbonyl (C=O) groups excluding carboxylic acids is 2. The maximum atomic E-state index is 12.3. The second-order valence-electron chi connectivity index (χ2n) is 5.99. The first-order chi connectivity index (χ1) is 12.5. The van der Waals surface area contributed by atoms with Crippen molar-refractivity contribution in [1.82, 2.24) is 10.2 Å². The third-order valence-corrected chi connectivity index (χ3v) is 5.41. The number of anilines is 1. The van der Waals surface area contributed by atoms with Crippen LogP contribution in [0.4, 0.5) is 9.80 Å². The molecule has 1 aromatic heterocycles. The first kappa shape index (κ1) is 16.4. The molecule has 1 atom stereocenters. The molecule has 0 radical (unpaired) electrons. The van der Waals surface area contributed by atoms with Crippen molar-refractivity contribution < 1.29 is 24.2 Å². The Labute approximate surface area is 152 Å². The molecule has 134 valence electrons. The number of hydrogen-bond donors (Lipinski definition) is 3. The molecule has 0 saturated carbocycles. The summed E-state index contributed by atoms with van der Waals surface area (Å²) in [6.45, 7) is 0.791. The zero-order valence-electron chi connectivity index (χ0n) is 13.5. The van der Waals surface area contributed by atoms with Gasteiger partial charge in [-0.2, -0.15) is 0 Å². The number of carboxylic acids is 1. The molecule has 0 spiro atoms. The van der Waals surface area contributed by atoms with Crippen molar-refractivity contribution >= 4 is 34.3 Å². The Kier molecular flexibility index (Phi) is 4.00. The summed E-state index contributed by atoms with van der Waals surface area (Å²) in [6.07, 6.45) is -1.58. The predicted octanol–water partition coefficient (Wildman–Crippen LogP) is 1.97. The number of fused-ring (bicyclic) bond motifs is 3. The number of rotatable bonds is 3. The number of carboxylic acid groups (broad SMARTS) is 1. The van der Waals surface area contributed by atoms with Crippen LogP contribution in [0, 0.1) is 0 Å². The van der Waals surface area contributed by atoms with Crippen LogP contribution in [0.5, 0.6) is 0 Å². The standard InChI is InChI=1S/C17H15N3O5S/c21-14-12-10-6-20(17(24)25-8-9-4-2-1-3-5-9)7-11(10)26-15(12)19-13(18-14)16(22)23/h1-5,13,19H,6-8H2,(H,18,21)(H,22,23). The summed E-state index contributed by atoms with van der Waals surface area (Å²) in [7, 11) is 0. The van der Waals surface area contributed by atoms with Gasteiger partial charge in [0.15, 0.2) is 0 Å². The highest BCUT2D eigenvalue weighted by Crippen LogP contribution is 2.40. The smallest absolute Gasteiger partial charge is 0.410 e. The van der Waals surface area contributed by atoms with E-state index in [9.17, 15) is 14.4 Å². The first-order valence-corrected chi connectivity index (χ1v) is 8.75. The van der Waals surface area contributed by atoms with Crippen molar-refractivity contribution in [1.29, 1.82) is 0 Å². The van der Waals surface area contributed by atoms with Gasteiger partial charge in [0.1, 0.15) is 11.6 Å². The van der Waals surface area contributed by atoms with Gasteiger partial charge in [-0.3, -0.25) is 9.69 Å². The molecule has 1 aromatic carbocycles. The quantitative estimate of drug-likeness (QED) is 0.759. The molecule has 3 heterocycles. The normalized spacial score (nSPS) is 17.8. The van der Waals surface area contributed by atoms with Gasteiger partial charge < -0.3 is 20.5 Å². The van der Waals surface area contributed by atoms with Crippen LogP contribution in [0.1, 0.15) is 26.4 Å². The van der Waals surface area contributed by atoms with Crippen LogP contribution in [0.2, 0.25) is 0 Å². The number of carbonyl (C=O) groups is 3. The maximum absolute atomic E-state index is 12.3. The number of thiophene rings is 1. The minimum Gasteiger partial charge on any atom is -0.478 e. The molecule has 2 amide bonds. The van der Waals surface area contributed by atoms with Crippen LogP contribution < -0.4 is 10.6 Å². The number of nitrogens with one attached hydrogen (secondary N) is 2. The summed E-state index contributed by atoms with van der Waals surface area (Å²) in [4.78, 5) is 38.0. The molecular weight excluding hydrogens is 358 g/mol. The van der Waals surface area contributed by atoms with E-state index in [1.807, 2.05) is 30.3 Å². The number of hydrogen-bond acceptors (Lipinski definition) is 6. The molecule has 0 saturated heterocycles. The average Bonchev–Trinajstić information content (AvgIpc) is 3.18. The lowest BCUT2D eigenvalue weighted by Crippen LogP contribution is -2.49. The second kappa shape index (κ2) is 6.34. The molecule has 0 bridgehead atoms. The van der Waals surface area contributed by atoms with Gasteiger partial charge in [-0.1, -0.05) is 30.3 Å². The fraction of sp³-hybridized carbons (Fsp3) is 0.235. The van der Waals surface area contributed by atoms with Gasteiger partial charge in [0.25, 0.3) is 5.91 Å². The highest BCUT2D eigenvalue weighted by atomic mass is 32.1. The van der Waals surface area contributed by atoms with Gasteiger partial charge in [0, 0.05) is 10.4 Å². The van der Waals surface area contributed by atoms with E-state index in [2.05, 4.69) is 10.6 Å². The van der Waals surface area contributed by atoms with E-state index in [0.29, 0.717) is 17.1 Å². The van der Waals surface area contributed by atoms with Gasteiger partial charge in [0.05, 0.1) is 18.7 Å². The number of amides is 2. The van der Waals surface area contributed by atoms with Crippen LogP contribution in [0.15, 0.2) is 30.3 Å². The number of ether oxygens (including phenoxy) is 1. The molecule has 3 N–H and O–H groups in total. The lowest BCUT2D eigenvalue weighted by molar-refractivity contribution is -0.138. The van der Waals surface area contributed by atoms with Crippen molar-refractivity contribution in [3.8, 4) is 0 Å². The molecule has 2 aliphatic heterocycles. The number of benzene rings is 1. The SMILES string of the molecule is O=C1NC(C(=O)O)Nc2sc3c(c21)CN(C(=O)OCc1ccccc1)C3. The third-order valence-electron chi connectivity index (χ3n) is 4.26. The Bertz CT molecular complexity index is 895. The van der Waals surface area contributed by atoms with Gasteiger partial charge in [-0.25, -0.2) is 9.59 Å². The monoisotopic (exact) mass is 373 g/mol. The summed E-state index contributed by atoms with van der Waals surface area (Å²) in [5.41, 5.74) is 2.06. The first-order valence-electron chi connectivity index (χ1n) is 7.93. The van der Waals surface area contributed by atoms with E-state index in [0.717, 1.165) is 16.0 Å².